The van der Waals surface area contributed by atoms with E-state index in [2.05, 4.69) is 0 Å². The van der Waals surface area contributed by atoms with Gasteiger partial charge in [-0.05, 0) is 18.2 Å². The Balaban J connectivity index is 2.14. The molecule has 0 bridgehead atoms. The lowest BCUT2D eigenvalue weighted by Crippen LogP contribution is -2.09. The monoisotopic (exact) mass is 272 g/mol. The average Bonchev–Trinajstić information content (AvgIpc) is 2.48. The largest absolute Gasteiger partial charge is 0.494 e. The Labute approximate surface area is 116 Å². The summed E-state index contributed by atoms with van der Waals surface area (Å²) >= 11 is 0. The second-order valence-corrected chi connectivity index (χ2v) is 4.24. The molecule has 2 rings (SSSR count). The molecule has 102 valence electrons. The Morgan fingerprint density at radius 2 is 1.65 bits per heavy atom. The van der Waals surface area contributed by atoms with Gasteiger partial charge in [0.25, 0.3) is 0 Å². The van der Waals surface area contributed by atoms with E-state index in [1.54, 1.807) is 30.3 Å². The standard InChI is InChI=1S/C16H13FO3/c1-20-16-9-12(7-8-13(16)17)15(19)10-14(18)11-5-3-2-4-6-11/h2-9H,10H2,1H3. The van der Waals surface area contributed by atoms with Crippen molar-refractivity contribution in [1.29, 1.82) is 0 Å². The smallest absolute Gasteiger partial charge is 0.170 e. The zero-order valence-corrected chi connectivity index (χ0v) is 10.9. The van der Waals surface area contributed by atoms with E-state index in [0.29, 0.717) is 5.56 Å². The van der Waals surface area contributed by atoms with Crippen molar-refractivity contribution in [2.75, 3.05) is 7.11 Å². The van der Waals surface area contributed by atoms with Gasteiger partial charge in [-0.3, -0.25) is 9.59 Å². The molecule has 4 heteroatoms. The molecule has 0 amide bonds. The number of Topliss-reactive ketones (excluding diaryl/α,β-unsaturated/α-hetero) is 2. The highest BCUT2D eigenvalue weighted by molar-refractivity contribution is 6.13. The number of hydrogen-bond donors (Lipinski definition) is 0. The minimum Gasteiger partial charge on any atom is -0.494 e. The maximum Gasteiger partial charge on any atom is 0.170 e. The molecule has 0 saturated carbocycles. The molecule has 0 aliphatic carbocycles. The number of rotatable bonds is 5. The van der Waals surface area contributed by atoms with E-state index in [1.807, 2.05) is 0 Å². The Kier molecular flexibility index (Phi) is 4.25. The summed E-state index contributed by atoms with van der Waals surface area (Å²) in [5.41, 5.74) is 0.738. The van der Waals surface area contributed by atoms with Crippen LogP contribution in [0, 0.1) is 5.82 Å². The van der Waals surface area contributed by atoms with Crippen LogP contribution in [0.25, 0.3) is 0 Å². The van der Waals surface area contributed by atoms with Gasteiger partial charge >= 0.3 is 0 Å². The van der Waals surface area contributed by atoms with Crippen molar-refractivity contribution < 1.29 is 18.7 Å². The Morgan fingerprint density at radius 3 is 2.30 bits per heavy atom. The van der Waals surface area contributed by atoms with E-state index in [-0.39, 0.29) is 29.3 Å². The highest BCUT2D eigenvalue weighted by atomic mass is 19.1. The summed E-state index contributed by atoms with van der Waals surface area (Å²) in [6.07, 6.45) is -0.251. The Bertz CT molecular complexity index is 635. The summed E-state index contributed by atoms with van der Waals surface area (Å²) < 4.78 is 18.1. The fourth-order valence-electron chi connectivity index (χ4n) is 1.81. The van der Waals surface area contributed by atoms with Crippen LogP contribution in [0.5, 0.6) is 5.75 Å². The first kappa shape index (κ1) is 13.9. The Hall–Kier alpha value is -2.49. The van der Waals surface area contributed by atoms with Crippen molar-refractivity contribution in [3.8, 4) is 5.75 Å². The summed E-state index contributed by atoms with van der Waals surface area (Å²) in [6, 6.07) is 12.4. The molecule has 0 aliphatic heterocycles. The fraction of sp³-hybridized carbons (Fsp3) is 0.125. The molecule has 20 heavy (non-hydrogen) atoms. The molecule has 2 aromatic carbocycles. The van der Waals surface area contributed by atoms with Gasteiger partial charge in [0.1, 0.15) is 0 Å². The maximum absolute atomic E-state index is 13.3. The van der Waals surface area contributed by atoms with Gasteiger partial charge in [-0.15, -0.1) is 0 Å². The lowest BCUT2D eigenvalue weighted by Gasteiger charge is -2.05. The van der Waals surface area contributed by atoms with Gasteiger partial charge in [-0.25, -0.2) is 4.39 Å². The lowest BCUT2D eigenvalue weighted by atomic mass is 10.0. The normalized spacial score (nSPS) is 10.1. The molecule has 0 fully saturated rings. The molecule has 2 aromatic rings. The molecule has 3 nitrogen and oxygen atoms in total. The Morgan fingerprint density at radius 1 is 1.00 bits per heavy atom. The number of methoxy groups -OCH3 is 1. The molecule has 0 saturated heterocycles. The van der Waals surface area contributed by atoms with Crippen LogP contribution in [0.3, 0.4) is 0 Å². The van der Waals surface area contributed by atoms with Gasteiger partial charge < -0.3 is 4.74 Å². The van der Waals surface area contributed by atoms with Gasteiger partial charge in [0, 0.05) is 11.1 Å². The van der Waals surface area contributed by atoms with Crippen molar-refractivity contribution in [2.24, 2.45) is 0 Å². The second-order valence-electron chi connectivity index (χ2n) is 4.24. The van der Waals surface area contributed by atoms with E-state index in [9.17, 15) is 14.0 Å². The zero-order valence-electron chi connectivity index (χ0n) is 10.9. The molecular weight excluding hydrogens is 259 g/mol. The lowest BCUT2D eigenvalue weighted by molar-refractivity contribution is 0.0894. The minimum absolute atomic E-state index is 0.0111. The number of benzene rings is 2. The van der Waals surface area contributed by atoms with Crippen molar-refractivity contribution in [3.05, 3.63) is 65.5 Å². The van der Waals surface area contributed by atoms with Crippen molar-refractivity contribution in [1.82, 2.24) is 0 Å². The first-order valence-corrected chi connectivity index (χ1v) is 6.07. The topological polar surface area (TPSA) is 43.4 Å². The molecule has 0 unspecified atom stereocenters. The molecule has 0 heterocycles. The third kappa shape index (κ3) is 3.09. The summed E-state index contributed by atoms with van der Waals surface area (Å²) in [5.74, 6) is -1.18. The van der Waals surface area contributed by atoms with Gasteiger partial charge in [0.2, 0.25) is 0 Å². The van der Waals surface area contributed by atoms with E-state index >= 15 is 0 Å². The van der Waals surface area contributed by atoms with Crippen LogP contribution in [0.4, 0.5) is 4.39 Å². The molecule has 0 atom stereocenters. The predicted molar refractivity (Wildman–Crippen MR) is 72.7 cm³/mol. The SMILES string of the molecule is COc1cc(C(=O)CC(=O)c2ccccc2)ccc1F. The maximum atomic E-state index is 13.3. The third-order valence-corrected chi connectivity index (χ3v) is 2.89. The van der Waals surface area contributed by atoms with Crippen LogP contribution in [0.1, 0.15) is 27.1 Å². The highest BCUT2D eigenvalue weighted by Crippen LogP contribution is 2.19. The molecule has 0 radical (unpaired) electrons. The summed E-state index contributed by atoms with van der Waals surface area (Å²) in [5, 5.41) is 0. The first-order chi connectivity index (χ1) is 9.61. The van der Waals surface area contributed by atoms with Crippen LogP contribution in [0.15, 0.2) is 48.5 Å². The average molecular weight is 272 g/mol. The minimum atomic E-state index is -0.543. The number of ketones is 2. The molecule has 0 spiro atoms. The van der Waals surface area contributed by atoms with Crippen LogP contribution in [0.2, 0.25) is 0 Å². The molecular formula is C16H13FO3. The number of carbonyl (C=O) groups excluding carboxylic acids is 2. The summed E-state index contributed by atoms with van der Waals surface area (Å²) in [7, 11) is 1.32. The molecule has 0 aromatic heterocycles. The molecule has 0 aliphatic rings. The van der Waals surface area contributed by atoms with E-state index in [0.717, 1.165) is 6.07 Å². The fourth-order valence-corrected chi connectivity index (χ4v) is 1.81. The van der Waals surface area contributed by atoms with Gasteiger partial charge in [-0.1, -0.05) is 30.3 Å². The van der Waals surface area contributed by atoms with Crippen molar-refractivity contribution >= 4 is 11.6 Å². The van der Waals surface area contributed by atoms with Gasteiger partial charge in [0.05, 0.1) is 13.5 Å². The first-order valence-electron chi connectivity index (χ1n) is 6.07. The summed E-state index contributed by atoms with van der Waals surface area (Å²) in [6.45, 7) is 0. The van der Waals surface area contributed by atoms with Gasteiger partial charge in [-0.2, -0.15) is 0 Å². The second kappa shape index (κ2) is 6.10. The number of carbonyl (C=O) groups is 2. The van der Waals surface area contributed by atoms with Crippen LogP contribution < -0.4 is 4.74 Å². The van der Waals surface area contributed by atoms with E-state index in [1.165, 1.54) is 19.2 Å². The predicted octanol–water partition coefficient (Wildman–Crippen LogP) is 3.29. The number of halogens is 1. The zero-order chi connectivity index (χ0) is 14.5. The number of ether oxygens (including phenoxy) is 1. The van der Waals surface area contributed by atoms with Crippen LogP contribution >= 0.6 is 0 Å². The molecule has 0 N–H and O–H groups in total. The highest BCUT2D eigenvalue weighted by Gasteiger charge is 2.15. The number of hydrogen-bond acceptors (Lipinski definition) is 3. The van der Waals surface area contributed by atoms with E-state index < -0.39 is 5.82 Å². The van der Waals surface area contributed by atoms with Crippen LogP contribution in [-0.4, -0.2) is 18.7 Å². The van der Waals surface area contributed by atoms with Crippen molar-refractivity contribution in [2.45, 2.75) is 6.42 Å². The van der Waals surface area contributed by atoms with Crippen LogP contribution in [-0.2, 0) is 0 Å². The summed E-state index contributed by atoms with van der Waals surface area (Å²) in [4.78, 5) is 23.9. The quantitative estimate of drug-likeness (QED) is 0.619. The third-order valence-electron chi connectivity index (χ3n) is 2.89. The van der Waals surface area contributed by atoms with Gasteiger partial charge in [0.15, 0.2) is 23.1 Å². The van der Waals surface area contributed by atoms with E-state index in [4.69, 9.17) is 4.74 Å². The van der Waals surface area contributed by atoms with Crippen molar-refractivity contribution in [3.63, 3.8) is 0 Å².